The molecule has 0 aromatic rings. The van der Waals surface area contributed by atoms with Gasteiger partial charge in [0.2, 0.25) is 0 Å². The summed E-state index contributed by atoms with van der Waals surface area (Å²) in [6.45, 7) is 4.52. The van der Waals surface area contributed by atoms with Gasteiger partial charge in [0.25, 0.3) is 0 Å². The molecular weight excluding hydrogens is 116 g/mol. The highest BCUT2D eigenvalue weighted by molar-refractivity contribution is 5.54. The summed E-state index contributed by atoms with van der Waals surface area (Å²) in [5.41, 5.74) is 5.19. The van der Waals surface area contributed by atoms with Crippen molar-refractivity contribution in [1.29, 1.82) is 0 Å². The van der Waals surface area contributed by atoms with Gasteiger partial charge in [0.05, 0.1) is 0 Å². The maximum absolute atomic E-state index is 5.33. The first-order chi connectivity index (χ1) is 4.31. The lowest BCUT2D eigenvalue weighted by molar-refractivity contribution is 0.464. The molecule has 0 aliphatic carbocycles. The van der Waals surface area contributed by atoms with Crippen LogP contribution in [0.25, 0.3) is 0 Å². The van der Waals surface area contributed by atoms with Crippen LogP contribution in [-0.2, 0) is 0 Å². The summed E-state index contributed by atoms with van der Waals surface area (Å²) in [6, 6.07) is 0. The number of rotatable bonds is 4. The highest BCUT2D eigenvalue weighted by atomic mass is 15.4. The van der Waals surface area contributed by atoms with Crippen molar-refractivity contribution in [3.05, 3.63) is 12.8 Å². The zero-order valence-electron chi connectivity index (χ0n) is 5.33. The summed E-state index contributed by atoms with van der Waals surface area (Å²) in [7, 11) is 0. The van der Waals surface area contributed by atoms with E-state index < -0.39 is 0 Å². The van der Waals surface area contributed by atoms with Crippen molar-refractivity contribution in [1.82, 2.24) is 5.01 Å². The fraction of sp³-hybridized carbons (Fsp3) is 0.400. The molecule has 0 saturated carbocycles. The average molecular weight is 128 g/mol. The summed E-state index contributed by atoms with van der Waals surface area (Å²) in [5.74, 6) is 5.33. The van der Waals surface area contributed by atoms with Crippen LogP contribution >= 0.6 is 0 Å². The molecule has 0 aromatic carbocycles. The van der Waals surface area contributed by atoms with Gasteiger partial charge in [-0.2, -0.15) is 0 Å². The van der Waals surface area contributed by atoms with Crippen LogP contribution in [0.3, 0.4) is 0 Å². The minimum atomic E-state index is 0.527. The Hall–Kier alpha value is -0.870. The molecular formula is C5H12N4. The van der Waals surface area contributed by atoms with Crippen LogP contribution in [0.15, 0.2) is 17.8 Å². The molecule has 9 heavy (non-hydrogen) atoms. The number of hydrogen-bond donors (Lipinski definition) is 2. The molecule has 0 atom stereocenters. The molecule has 0 aromatic heterocycles. The van der Waals surface area contributed by atoms with E-state index in [4.69, 9.17) is 11.6 Å². The quantitative estimate of drug-likeness (QED) is 0.227. The number of aliphatic imine (C=N–C) groups is 1. The van der Waals surface area contributed by atoms with Gasteiger partial charge in [-0.05, 0) is 0 Å². The standard InChI is InChI=1S/C5H12N4/c1-2-8-5-9(7)4-3-6/h2,5H,1,3-4,6-7H2. The van der Waals surface area contributed by atoms with Gasteiger partial charge in [-0.25, -0.2) is 10.8 Å². The van der Waals surface area contributed by atoms with Gasteiger partial charge < -0.3 is 5.73 Å². The van der Waals surface area contributed by atoms with E-state index in [1.807, 2.05) is 0 Å². The Kier molecular flexibility index (Phi) is 4.76. The Morgan fingerprint density at radius 1 is 1.67 bits per heavy atom. The predicted molar refractivity (Wildman–Crippen MR) is 38.6 cm³/mol. The van der Waals surface area contributed by atoms with Crippen LogP contribution in [0.1, 0.15) is 0 Å². The molecule has 0 rings (SSSR count). The minimum absolute atomic E-state index is 0.527. The second-order valence-corrected chi connectivity index (χ2v) is 1.47. The van der Waals surface area contributed by atoms with Gasteiger partial charge in [-0.1, -0.05) is 6.58 Å². The van der Waals surface area contributed by atoms with Crippen LogP contribution in [0.2, 0.25) is 0 Å². The second-order valence-electron chi connectivity index (χ2n) is 1.47. The van der Waals surface area contributed by atoms with Gasteiger partial charge in [0.1, 0.15) is 6.34 Å². The Morgan fingerprint density at radius 2 is 2.33 bits per heavy atom. The number of nitrogens with zero attached hydrogens (tertiary/aromatic N) is 2. The fourth-order valence-electron chi connectivity index (χ4n) is 0.340. The zero-order chi connectivity index (χ0) is 7.11. The minimum Gasteiger partial charge on any atom is -0.329 e. The largest absolute Gasteiger partial charge is 0.329 e. The van der Waals surface area contributed by atoms with Gasteiger partial charge in [-0.15, -0.1) is 0 Å². The molecule has 0 amide bonds. The fourth-order valence-corrected chi connectivity index (χ4v) is 0.340. The van der Waals surface area contributed by atoms with E-state index in [2.05, 4.69) is 11.6 Å². The van der Waals surface area contributed by atoms with Crippen LogP contribution in [0, 0.1) is 0 Å². The van der Waals surface area contributed by atoms with Crippen molar-refractivity contribution in [2.45, 2.75) is 0 Å². The Labute approximate surface area is 54.8 Å². The predicted octanol–water partition coefficient (Wildman–Crippen LogP) is -0.707. The first-order valence-corrected chi connectivity index (χ1v) is 2.67. The van der Waals surface area contributed by atoms with Gasteiger partial charge >= 0.3 is 0 Å². The third-order valence-electron chi connectivity index (χ3n) is 0.708. The topological polar surface area (TPSA) is 67.6 Å². The lowest BCUT2D eigenvalue weighted by Crippen LogP contribution is -2.34. The molecule has 0 aliphatic rings. The smallest absolute Gasteiger partial charge is 0.105 e. The molecule has 0 bridgehead atoms. The van der Waals surface area contributed by atoms with E-state index in [-0.39, 0.29) is 0 Å². The van der Waals surface area contributed by atoms with Crippen molar-refractivity contribution in [3.8, 4) is 0 Å². The Bertz CT molecular complexity index is 99.1. The molecule has 0 aliphatic heterocycles. The van der Waals surface area contributed by atoms with E-state index in [0.29, 0.717) is 13.1 Å². The van der Waals surface area contributed by atoms with E-state index in [1.165, 1.54) is 17.5 Å². The Balaban J connectivity index is 3.35. The lowest BCUT2D eigenvalue weighted by atomic mass is 10.6. The van der Waals surface area contributed by atoms with Crippen LogP contribution in [-0.4, -0.2) is 24.4 Å². The molecule has 0 fully saturated rings. The van der Waals surface area contributed by atoms with Crippen molar-refractivity contribution >= 4 is 6.34 Å². The first kappa shape index (κ1) is 8.13. The highest BCUT2D eigenvalue weighted by Gasteiger charge is 1.84. The molecule has 4 heteroatoms. The van der Waals surface area contributed by atoms with E-state index in [9.17, 15) is 0 Å². The highest BCUT2D eigenvalue weighted by Crippen LogP contribution is 1.69. The summed E-state index contributed by atoms with van der Waals surface area (Å²) in [5, 5.41) is 1.40. The second kappa shape index (κ2) is 5.27. The van der Waals surface area contributed by atoms with Crippen LogP contribution in [0.4, 0.5) is 0 Å². The van der Waals surface area contributed by atoms with Crippen molar-refractivity contribution < 1.29 is 0 Å². The molecule has 4 nitrogen and oxygen atoms in total. The Morgan fingerprint density at radius 3 is 2.78 bits per heavy atom. The molecule has 0 saturated heterocycles. The molecule has 52 valence electrons. The third-order valence-corrected chi connectivity index (χ3v) is 0.708. The number of hydrazine groups is 1. The average Bonchev–Trinajstić information content (AvgIpc) is 1.85. The van der Waals surface area contributed by atoms with E-state index in [1.54, 1.807) is 0 Å². The van der Waals surface area contributed by atoms with Crippen molar-refractivity contribution in [2.24, 2.45) is 16.6 Å². The number of hydrogen-bond acceptors (Lipinski definition) is 3. The monoisotopic (exact) mass is 128 g/mol. The van der Waals surface area contributed by atoms with Crippen molar-refractivity contribution in [3.63, 3.8) is 0 Å². The number of nitrogens with two attached hydrogens (primary N) is 2. The summed E-state index contributed by atoms with van der Waals surface area (Å²) < 4.78 is 0. The molecule has 0 heterocycles. The van der Waals surface area contributed by atoms with E-state index in [0.717, 1.165) is 0 Å². The summed E-state index contributed by atoms with van der Waals surface area (Å²) in [6.07, 6.45) is 2.89. The third kappa shape index (κ3) is 4.99. The van der Waals surface area contributed by atoms with Crippen LogP contribution < -0.4 is 11.6 Å². The first-order valence-electron chi connectivity index (χ1n) is 2.67. The van der Waals surface area contributed by atoms with Crippen molar-refractivity contribution in [2.75, 3.05) is 13.1 Å². The van der Waals surface area contributed by atoms with Gasteiger partial charge in [0.15, 0.2) is 0 Å². The van der Waals surface area contributed by atoms with Gasteiger partial charge in [0, 0.05) is 19.3 Å². The van der Waals surface area contributed by atoms with Gasteiger partial charge in [-0.3, -0.25) is 5.01 Å². The van der Waals surface area contributed by atoms with Crippen LogP contribution in [0.5, 0.6) is 0 Å². The SMILES string of the molecule is C=CN=CN(N)CCN. The summed E-state index contributed by atoms with van der Waals surface area (Å²) >= 11 is 0. The maximum Gasteiger partial charge on any atom is 0.105 e. The molecule has 0 unspecified atom stereocenters. The zero-order valence-corrected chi connectivity index (χ0v) is 5.33. The van der Waals surface area contributed by atoms with E-state index >= 15 is 0 Å². The molecule has 0 spiro atoms. The maximum atomic E-state index is 5.33. The molecule has 0 radical (unpaired) electrons. The summed E-state index contributed by atoms with van der Waals surface area (Å²) in [4.78, 5) is 3.67. The molecule has 4 N–H and O–H groups in total. The lowest BCUT2D eigenvalue weighted by Gasteiger charge is -2.08. The normalized spacial score (nSPS) is 10.0.